The van der Waals surface area contributed by atoms with E-state index in [1.807, 2.05) is 30.3 Å². The normalized spacial score (nSPS) is 9.44. The number of hydrogen-bond acceptors (Lipinski definition) is 1. The van der Waals surface area contributed by atoms with E-state index >= 15 is 0 Å². The van der Waals surface area contributed by atoms with Crippen molar-refractivity contribution in [3.05, 3.63) is 30.3 Å². The Labute approximate surface area is 58.7 Å². The molecule has 0 saturated carbocycles. The van der Waals surface area contributed by atoms with Gasteiger partial charge in [0.05, 0.1) is 0 Å². The van der Waals surface area contributed by atoms with Gasteiger partial charge in [0.15, 0.2) is 0 Å². The van der Waals surface area contributed by atoms with Gasteiger partial charge in [-0.15, -0.1) is 0 Å². The fourth-order valence-corrected chi connectivity index (χ4v) is 1.07. The average Bonchev–Trinajstić information content (AvgIpc) is 1.91. The van der Waals surface area contributed by atoms with Crippen LogP contribution >= 0.6 is 11.8 Å². The Hall–Kier alpha value is -0.470. The SMILES string of the molecule is [O]CSc1ccccc1. The van der Waals surface area contributed by atoms with Gasteiger partial charge in [-0.1, -0.05) is 30.0 Å². The summed E-state index contributed by atoms with van der Waals surface area (Å²) in [6.07, 6.45) is 0. The summed E-state index contributed by atoms with van der Waals surface area (Å²) < 4.78 is 0. The molecule has 0 fully saturated rings. The third kappa shape index (κ3) is 2.08. The van der Waals surface area contributed by atoms with Gasteiger partial charge in [0.25, 0.3) is 0 Å². The zero-order valence-electron chi connectivity index (χ0n) is 4.91. The predicted molar refractivity (Wildman–Crippen MR) is 37.9 cm³/mol. The molecule has 0 bridgehead atoms. The third-order valence-corrected chi connectivity index (χ3v) is 1.69. The molecule has 0 unspecified atom stereocenters. The molecule has 0 atom stereocenters. The second-order valence-corrected chi connectivity index (χ2v) is 2.57. The van der Waals surface area contributed by atoms with E-state index in [1.54, 1.807) is 0 Å². The molecule has 0 saturated heterocycles. The Morgan fingerprint density at radius 3 is 2.44 bits per heavy atom. The molecule has 0 spiro atoms. The summed E-state index contributed by atoms with van der Waals surface area (Å²) in [5.41, 5.74) is 0. The molecule has 0 heterocycles. The molecule has 0 aliphatic rings. The van der Waals surface area contributed by atoms with E-state index in [9.17, 15) is 5.11 Å². The largest absolute Gasteiger partial charge is 0.225 e. The van der Waals surface area contributed by atoms with E-state index in [4.69, 9.17) is 0 Å². The Kier molecular flexibility index (Phi) is 2.61. The molecule has 2 heteroatoms. The maximum absolute atomic E-state index is 10.1. The Morgan fingerprint density at radius 2 is 1.89 bits per heavy atom. The Balaban J connectivity index is 2.61. The van der Waals surface area contributed by atoms with Crippen LogP contribution in [0.5, 0.6) is 0 Å². The molecule has 0 aromatic heterocycles. The first-order chi connectivity index (χ1) is 4.43. The van der Waals surface area contributed by atoms with Crippen molar-refractivity contribution < 1.29 is 5.11 Å². The number of thioether (sulfide) groups is 1. The third-order valence-electron chi connectivity index (χ3n) is 0.969. The van der Waals surface area contributed by atoms with Gasteiger partial charge in [-0.05, 0) is 12.1 Å². The molecular formula is C7H7OS. The second kappa shape index (κ2) is 3.54. The Bertz CT molecular complexity index is 162. The number of rotatable bonds is 2. The van der Waals surface area contributed by atoms with Crippen LogP contribution in [-0.4, -0.2) is 5.94 Å². The van der Waals surface area contributed by atoms with Crippen LogP contribution in [0.1, 0.15) is 0 Å². The molecule has 47 valence electrons. The molecule has 0 N–H and O–H groups in total. The fourth-order valence-electron chi connectivity index (χ4n) is 0.585. The standard InChI is InChI=1S/C7H7OS/c8-6-9-7-4-2-1-3-5-7/h1-5H,6H2. The van der Waals surface area contributed by atoms with E-state index in [2.05, 4.69) is 0 Å². The second-order valence-electron chi connectivity index (χ2n) is 1.58. The summed E-state index contributed by atoms with van der Waals surface area (Å²) in [4.78, 5) is 1.05. The fraction of sp³-hybridized carbons (Fsp3) is 0.143. The summed E-state index contributed by atoms with van der Waals surface area (Å²) in [7, 11) is 0. The highest BCUT2D eigenvalue weighted by molar-refractivity contribution is 7.99. The Morgan fingerprint density at radius 1 is 1.22 bits per heavy atom. The minimum absolute atomic E-state index is 0.0932. The van der Waals surface area contributed by atoms with Gasteiger partial charge in [-0.3, -0.25) is 0 Å². The highest BCUT2D eigenvalue weighted by atomic mass is 32.2. The number of benzene rings is 1. The first-order valence-corrected chi connectivity index (χ1v) is 3.68. The van der Waals surface area contributed by atoms with Crippen LogP contribution < -0.4 is 0 Å². The minimum atomic E-state index is -0.0932. The lowest BCUT2D eigenvalue weighted by Crippen LogP contribution is -1.70. The molecule has 1 nitrogen and oxygen atoms in total. The van der Waals surface area contributed by atoms with Crippen molar-refractivity contribution in [2.24, 2.45) is 0 Å². The van der Waals surface area contributed by atoms with Crippen LogP contribution in [-0.2, 0) is 5.11 Å². The zero-order chi connectivity index (χ0) is 6.53. The quantitative estimate of drug-likeness (QED) is 0.454. The van der Waals surface area contributed by atoms with Crippen LogP contribution in [0.15, 0.2) is 35.2 Å². The van der Waals surface area contributed by atoms with Crippen molar-refractivity contribution in [2.75, 3.05) is 5.94 Å². The van der Waals surface area contributed by atoms with E-state index < -0.39 is 0 Å². The lowest BCUT2D eigenvalue weighted by atomic mass is 10.4. The lowest BCUT2D eigenvalue weighted by molar-refractivity contribution is 0.260. The van der Waals surface area contributed by atoms with Gasteiger partial charge in [0, 0.05) is 4.90 Å². The zero-order valence-corrected chi connectivity index (χ0v) is 5.73. The molecule has 1 aromatic carbocycles. The monoisotopic (exact) mass is 139 g/mol. The summed E-state index contributed by atoms with van der Waals surface area (Å²) in [5, 5.41) is 10.1. The van der Waals surface area contributed by atoms with Gasteiger partial charge in [-0.2, -0.15) is 0 Å². The van der Waals surface area contributed by atoms with Crippen molar-refractivity contribution in [3.63, 3.8) is 0 Å². The van der Waals surface area contributed by atoms with Crippen molar-refractivity contribution in [2.45, 2.75) is 4.90 Å². The predicted octanol–water partition coefficient (Wildman–Crippen LogP) is 2.17. The minimum Gasteiger partial charge on any atom is -0.225 e. The summed E-state index contributed by atoms with van der Waals surface area (Å²) in [6, 6.07) is 9.66. The topological polar surface area (TPSA) is 19.9 Å². The molecular weight excluding hydrogens is 132 g/mol. The molecule has 0 amide bonds. The van der Waals surface area contributed by atoms with Gasteiger partial charge in [0.2, 0.25) is 0 Å². The van der Waals surface area contributed by atoms with Crippen molar-refractivity contribution in [3.8, 4) is 0 Å². The van der Waals surface area contributed by atoms with Crippen LogP contribution in [0.4, 0.5) is 0 Å². The van der Waals surface area contributed by atoms with Crippen LogP contribution in [0.2, 0.25) is 0 Å². The first-order valence-electron chi connectivity index (χ1n) is 2.69. The van der Waals surface area contributed by atoms with Crippen molar-refractivity contribution in [1.82, 2.24) is 0 Å². The van der Waals surface area contributed by atoms with Crippen molar-refractivity contribution in [1.29, 1.82) is 0 Å². The maximum Gasteiger partial charge on any atom is 0.132 e. The summed E-state index contributed by atoms with van der Waals surface area (Å²) in [6.45, 7) is 0. The molecule has 0 aliphatic heterocycles. The smallest absolute Gasteiger partial charge is 0.132 e. The van der Waals surface area contributed by atoms with Crippen LogP contribution in [0.3, 0.4) is 0 Å². The van der Waals surface area contributed by atoms with E-state index in [0.717, 1.165) is 4.90 Å². The maximum atomic E-state index is 10.1. The summed E-state index contributed by atoms with van der Waals surface area (Å²) in [5.74, 6) is -0.0932. The molecule has 1 rings (SSSR count). The van der Waals surface area contributed by atoms with Gasteiger partial charge >= 0.3 is 0 Å². The van der Waals surface area contributed by atoms with Gasteiger partial charge in [-0.25, -0.2) is 5.11 Å². The molecule has 1 radical (unpaired) electrons. The molecule has 0 aliphatic carbocycles. The van der Waals surface area contributed by atoms with E-state index in [-0.39, 0.29) is 5.94 Å². The van der Waals surface area contributed by atoms with Gasteiger partial charge in [0.1, 0.15) is 5.94 Å². The first kappa shape index (κ1) is 6.65. The highest BCUT2D eigenvalue weighted by Gasteiger charge is 1.86. The summed E-state index contributed by atoms with van der Waals surface area (Å²) >= 11 is 1.32. The van der Waals surface area contributed by atoms with Crippen LogP contribution in [0.25, 0.3) is 0 Å². The molecule has 9 heavy (non-hydrogen) atoms. The molecule has 1 aromatic rings. The highest BCUT2D eigenvalue weighted by Crippen LogP contribution is 2.14. The van der Waals surface area contributed by atoms with Crippen molar-refractivity contribution >= 4 is 11.8 Å². The van der Waals surface area contributed by atoms with Gasteiger partial charge < -0.3 is 0 Å². The van der Waals surface area contributed by atoms with E-state index in [0.29, 0.717) is 0 Å². The van der Waals surface area contributed by atoms with Crippen LogP contribution in [0, 0.1) is 0 Å². The number of hydrogen-bond donors (Lipinski definition) is 0. The van der Waals surface area contributed by atoms with E-state index in [1.165, 1.54) is 11.8 Å². The lowest BCUT2D eigenvalue weighted by Gasteiger charge is -1.91. The average molecular weight is 139 g/mol.